The zero-order valence-corrected chi connectivity index (χ0v) is 10.4. The van der Waals surface area contributed by atoms with Crippen LogP contribution in [-0.4, -0.2) is 11.1 Å². The van der Waals surface area contributed by atoms with Gasteiger partial charge in [0.15, 0.2) is 0 Å². The lowest BCUT2D eigenvalue weighted by atomic mass is 10.2. The van der Waals surface area contributed by atoms with E-state index in [1.54, 1.807) is 18.2 Å². The molecule has 19 heavy (non-hydrogen) atoms. The third-order valence-corrected chi connectivity index (χ3v) is 2.67. The van der Waals surface area contributed by atoms with Gasteiger partial charge in [-0.25, -0.2) is 0 Å². The first-order valence-electron chi connectivity index (χ1n) is 5.76. The lowest BCUT2D eigenvalue weighted by molar-refractivity contribution is -0.385. The van der Waals surface area contributed by atoms with Crippen LogP contribution in [0, 0.1) is 17.0 Å². The Morgan fingerprint density at radius 3 is 2.58 bits per heavy atom. The van der Waals surface area contributed by atoms with Crippen LogP contribution in [0.15, 0.2) is 53.6 Å². The van der Waals surface area contributed by atoms with Gasteiger partial charge in [0.2, 0.25) is 0 Å². The molecule has 0 aliphatic rings. The van der Waals surface area contributed by atoms with Gasteiger partial charge in [0, 0.05) is 6.07 Å². The number of hydrazone groups is 1. The van der Waals surface area contributed by atoms with Crippen LogP contribution in [-0.2, 0) is 0 Å². The molecular formula is C14H13N3O2. The predicted octanol–water partition coefficient (Wildman–Crippen LogP) is 3.35. The molecule has 0 atom stereocenters. The Kier molecular flexibility index (Phi) is 3.87. The zero-order chi connectivity index (χ0) is 13.7. The fourth-order valence-corrected chi connectivity index (χ4v) is 1.63. The summed E-state index contributed by atoms with van der Waals surface area (Å²) in [7, 11) is 0. The highest BCUT2D eigenvalue weighted by molar-refractivity contribution is 5.85. The molecule has 96 valence electrons. The second-order valence-electron chi connectivity index (χ2n) is 4.00. The van der Waals surface area contributed by atoms with Crippen molar-refractivity contribution in [3.8, 4) is 0 Å². The van der Waals surface area contributed by atoms with Crippen molar-refractivity contribution in [2.45, 2.75) is 6.92 Å². The Hall–Kier alpha value is -2.69. The van der Waals surface area contributed by atoms with Crippen LogP contribution in [0.4, 0.5) is 11.4 Å². The summed E-state index contributed by atoms with van der Waals surface area (Å²) >= 11 is 0. The molecule has 2 rings (SSSR count). The zero-order valence-electron chi connectivity index (χ0n) is 10.4. The minimum Gasteiger partial charge on any atom is -0.278 e. The number of nitrogens with one attached hydrogen (secondary N) is 1. The average molecular weight is 255 g/mol. The molecule has 0 amide bonds. The Bertz CT molecular complexity index is 624. The van der Waals surface area contributed by atoms with E-state index in [-0.39, 0.29) is 5.69 Å². The van der Waals surface area contributed by atoms with Crippen molar-refractivity contribution in [3.63, 3.8) is 0 Å². The van der Waals surface area contributed by atoms with Crippen LogP contribution < -0.4 is 5.43 Å². The number of hydrogen-bond donors (Lipinski definition) is 1. The number of benzene rings is 2. The van der Waals surface area contributed by atoms with Crippen LogP contribution >= 0.6 is 0 Å². The van der Waals surface area contributed by atoms with Crippen molar-refractivity contribution in [1.82, 2.24) is 0 Å². The smallest absolute Gasteiger partial charge is 0.278 e. The molecule has 0 aliphatic heterocycles. The SMILES string of the molecule is Cc1ccccc1N/N=C\c1ccccc1[N+](=O)[O-]. The first-order chi connectivity index (χ1) is 9.18. The molecule has 0 unspecified atom stereocenters. The molecule has 0 radical (unpaired) electrons. The molecule has 0 aromatic heterocycles. The van der Waals surface area contributed by atoms with Crippen molar-refractivity contribution in [2.24, 2.45) is 5.10 Å². The summed E-state index contributed by atoms with van der Waals surface area (Å²) in [4.78, 5) is 10.4. The fourth-order valence-electron chi connectivity index (χ4n) is 1.63. The first-order valence-corrected chi connectivity index (χ1v) is 5.76. The molecule has 2 aromatic rings. The molecule has 0 fully saturated rings. The molecule has 0 saturated heterocycles. The summed E-state index contributed by atoms with van der Waals surface area (Å²) in [5.41, 5.74) is 5.31. The van der Waals surface area contributed by atoms with E-state index >= 15 is 0 Å². The van der Waals surface area contributed by atoms with E-state index in [0.29, 0.717) is 5.56 Å². The van der Waals surface area contributed by atoms with Gasteiger partial charge < -0.3 is 0 Å². The van der Waals surface area contributed by atoms with Crippen LogP contribution in [0.1, 0.15) is 11.1 Å². The van der Waals surface area contributed by atoms with Gasteiger partial charge >= 0.3 is 0 Å². The third kappa shape index (κ3) is 3.16. The van der Waals surface area contributed by atoms with Gasteiger partial charge in [-0.05, 0) is 24.6 Å². The van der Waals surface area contributed by atoms with E-state index in [4.69, 9.17) is 0 Å². The minimum atomic E-state index is -0.422. The van der Waals surface area contributed by atoms with Gasteiger partial charge in [-0.3, -0.25) is 15.5 Å². The summed E-state index contributed by atoms with van der Waals surface area (Å²) in [6, 6.07) is 14.2. The largest absolute Gasteiger partial charge is 0.278 e. The monoisotopic (exact) mass is 255 g/mol. The standard InChI is InChI=1S/C14H13N3O2/c1-11-6-2-4-8-13(11)16-15-10-12-7-3-5-9-14(12)17(18)19/h2-10,16H,1H3/b15-10-. The van der Waals surface area contributed by atoms with Crippen molar-refractivity contribution in [2.75, 3.05) is 5.43 Å². The molecular weight excluding hydrogens is 242 g/mol. The maximum absolute atomic E-state index is 10.8. The van der Waals surface area contributed by atoms with Gasteiger partial charge in [-0.15, -0.1) is 0 Å². The molecule has 5 heteroatoms. The Labute approximate surface area is 110 Å². The molecule has 0 aliphatic carbocycles. The fraction of sp³-hybridized carbons (Fsp3) is 0.0714. The minimum absolute atomic E-state index is 0.0397. The van der Waals surface area contributed by atoms with E-state index in [1.165, 1.54) is 12.3 Å². The van der Waals surface area contributed by atoms with E-state index in [0.717, 1.165) is 11.3 Å². The maximum atomic E-state index is 10.8. The molecule has 5 nitrogen and oxygen atoms in total. The predicted molar refractivity (Wildman–Crippen MR) is 75.5 cm³/mol. The third-order valence-electron chi connectivity index (χ3n) is 2.67. The summed E-state index contributed by atoms with van der Waals surface area (Å²) < 4.78 is 0. The van der Waals surface area contributed by atoms with Crippen LogP contribution in [0.5, 0.6) is 0 Å². The number of aryl methyl sites for hydroxylation is 1. The molecule has 0 bridgehead atoms. The van der Waals surface area contributed by atoms with Crippen LogP contribution in [0.3, 0.4) is 0 Å². The van der Waals surface area contributed by atoms with E-state index in [2.05, 4.69) is 10.5 Å². The number of nitrogens with zero attached hydrogens (tertiary/aromatic N) is 2. The van der Waals surface area contributed by atoms with Crippen molar-refractivity contribution in [3.05, 3.63) is 69.8 Å². The van der Waals surface area contributed by atoms with Crippen molar-refractivity contribution < 1.29 is 4.92 Å². The second kappa shape index (κ2) is 5.77. The van der Waals surface area contributed by atoms with Gasteiger partial charge in [0.1, 0.15) is 0 Å². The maximum Gasteiger partial charge on any atom is 0.278 e. The van der Waals surface area contributed by atoms with E-state index in [9.17, 15) is 10.1 Å². The number of rotatable bonds is 4. The van der Waals surface area contributed by atoms with Gasteiger partial charge in [-0.2, -0.15) is 5.10 Å². The number of nitro groups is 1. The molecule has 2 aromatic carbocycles. The second-order valence-corrected chi connectivity index (χ2v) is 4.00. The number of hydrogen-bond acceptors (Lipinski definition) is 4. The molecule has 0 spiro atoms. The molecule has 1 N–H and O–H groups in total. The van der Waals surface area contributed by atoms with Crippen LogP contribution in [0.2, 0.25) is 0 Å². The van der Waals surface area contributed by atoms with E-state index < -0.39 is 4.92 Å². The molecule has 0 heterocycles. The summed E-state index contributed by atoms with van der Waals surface area (Å²) in [5, 5.41) is 14.9. The van der Waals surface area contributed by atoms with Crippen molar-refractivity contribution in [1.29, 1.82) is 0 Å². The van der Waals surface area contributed by atoms with Crippen LogP contribution in [0.25, 0.3) is 0 Å². The highest BCUT2D eigenvalue weighted by Gasteiger charge is 2.09. The Morgan fingerprint density at radius 2 is 1.84 bits per heavy atom. The summed E-state index contributed by atoms with van der Waals surface area (Å²) in [6.07, 6.45) is 1.45. The summed E-state index contributed by atoms with van der Waals surface area (Å²) in [6.45, 7) is 1.96. The highest BCUT2D eigenvalue weighted by atomic mass is 16.6. The topological polar surface area (TPSA) is 67.5 Å². The number of anilines is 1. The average Bonchev–Trinajstić information content (AvgIpc) is 2.41. The quantitative estimate of drug-likeness (QED) is 0.517. The lowest BCUT2D eigenvalue weighted by Crippen LogP contribution is -1.96. The van der Waals surface area contributed by atoms with E-state index in [1.807, 2.05) is 31.2 Å². The van der Waals surface area contributed by atoms with Gasteiger partial charge in [-0.1, -0.05) is 30.3 Å². The van der Waals surface area contributed by atoms with Gasteiger partial charge in [0.25, 0.3) is 5.69 Å². The number of nitro benzene ring substituents is 1. The number of para-hydroxylation sites is 2. The normalized spacial score (nSPS) is 10.6. The first kappa shape index (κ1) is 12.8. The highest BCUT2D eigenvalue weighted by Crippen LogP contribution is 2.16. The Balaban J connectivity index is 2.16. The Morgan fingerprint density at radius 1 is 1.16 bits per heavy atom. The van der Waals surface area contributed by atoms with Gasteiger partial charge in [0.05, 0.1) is 22.4 Å². The molecule has 0 saturated carbocycles. The van der Waals surface area contributed by atoms with Crippen molar-refractivity contribution >= 4 is 17.6 Å². The summed E-state index contributed by atoms with van der Waals surface area (Å²) in [5.74, 6) is 0. The lowest BCUT2D eigenvalue weighted by Gasteiger charge is -2.03.